The van der Waals surface area contributed by atoms with Crippen LogP contribution in [0.25, 0.3) is 0 Å². The van der Waals surface area contributed by atoms with Crippen molar-refractivity contribution in [2.45, 2.75) is 19.9 Å². The zero-order valence-corrected chi connectivity index (χ0v) is 21.0. The molecule has 8 nitrogen and oxygen atoms in total. The number of sulfonamides is 1. The zero-order valence-electron chi connectivity index (χ0n) is 19.4. The van der Waals surface area contributed by atoms with Crippen LogP contribution in [0.5, 0.6) is 11.5 Å². The number of para-hydroxylation sites is 1. The Labute approximate surface area is 209 Å². The van der Waals surface area contributed by atoms with Gasteiger partial charge in [-0.3, -0.25) is 9.10 Å². The summed E-state index contributed by atoms with van der Waals surface area (Å²) in [5.74, 6) is -0.00545. The van der Waals surface area contributed by atoms with E-state index in [0.717, 1.165) is 10.6 Å². The minimum atomic E-state index is -3.81. The number of carbonyl (C=O) groups excluding carboxylic acids is 2. The van der Waals surface area contributed by atoms with Crippen LogP contribution in [0.1, 0.15) is 24.2 Å². The highest BCUT2D eigenvalue weighted by Crippen LogP contribution is 2.28. The monoisotopic (exact) mass is 516 g/mol. The number of esters is 1. The lowest BCUT2D eigenvalue weighted by atomic mass is 10.2. The van der Waals surface area contributed by atoms with Crippen molar-refractivity contribution in [3.05, 3.63) is 83.4 Å². The van der Waals surface area contributed by atoms with Gasteiger partial charge in [0.15, 0.2) is 0 Å². The number of nitrogens with zero attached hydrogens (tertiary/aromatic N) is 1. The first-order valence-corrected chi connectivity index (χ1v) is 12.9. The number of nitrogens with one attached hydrogen (secondary N) is 1. The molecule has 1 amide bonds. The van der Waals surface area contributed by atoms with Gasteiger partial charge in [0, 0.05) is 5.69 Å². The SMILES string of the molecule is CCOC(=O)c1ccc(NC(=O)[C@H](C)N(c2ccc(Oc3ccccc3)cc2)S(C)(=O)=O)cc1Cl. The molecule has 1 atom stereocenters. The average Bonchev–Trinajstić information content (AvgIpc) is 2.80. The summed E-state index contributed by atoms with van der Waals surface area (Å²) in [6, 6.07) is 18.8. The molecule has 3 aromatic rings. The zero-order chi connectivity index (χ0) is 25.6. The van der Waals surface area contributed by atoms with Crippen LogP contribution in [0, 0.1) is 0 Å². The number of halogens is 1. The van der Waals surface area contributed by atoms with Crippen LogP contribution in [-0.4, -0.2) is 39.2 Å². The molecule has 0 saturated heterocycles. The molecule has 0 spiro atoms. The molecule has 0 aliphatic rings. The van der Waals surface area contributed by atoms with E-state index in [1.807, 2.05) is 18.2 Å². The van der Waals surface area contributed by atoms with Crippen LogP contribution in [0.2, 0.25) is 5.02 Å². The van der Waals surface area contributed by atoms with Crippen LogP contribution in [0.15, 0.2) is 72.8 Å². The molecule has 3 aromatic carbocycles. The third kappa shape index (κ3) is 6.74. The van der Waals surface area contributed by atoms with Gasteiger partial charge < -0.3 is 14.8 Å². The molecule has 0 aliphatic carbocycles. The van der Waals surface area contributed by atoms with Crippen molar-refractivity contribution >= 4 is 44.9 Å². The molecule has 0 aromatic heterocycles. The molecule has 10 heteroatoms. The number of ether oxygens (including phenoxy) is 2. The lowest BCUT2D eigenvalue weighted by Crippen LogP contribution is -2.45. The maximum absolute atomic E-state index is 12.9. The summed E-state index contributed by atoms with van der Waals surface area (Å²) in [5, 5.41) is 2.74. The first-order valence-electron chi connectivity index (χ1n) is 10.7. The van der Waals surface area contributed by atoms with Crippen LogP contribution in [0.3, 0.4) is 0 Å². The Kier molecular flexibility index (Phi) is 8.37. The summed E-state index contributed by atoms with van der Waals surface area (Å²) in [7, 11) is -3.81. The van der Waals surface area contributed by atoms with Crippen molar-refractivity contribution in [3.8, 4) is 11.5 Å². The number of amides is 1. The largest absolute Gasteiger partial charge is 0.462 e. The lowest BCUT2D eigenvalue weighted by Gasteiger charge is -2.28. The first kappa shape index (κ1) is 26.1. The highest BCUT2D eigenvalue weighted by molar-refractivity contribution is 7.92. The molecule has 0 unspecified atom stereocenters. The van der Waals surface area contributed by atoms with Crippen molar-refractivity contribution in [2.75, 3.05) is 22.5 Å². The quantitative estimate of drug-likeness (QED) is 0.397. The van der Waals surface area contributed by atoms with Gasteiger partial charge in [0.2, 0.25) is 15.9 Å². The van der Waals surface area contributed by atoms with Gasteiger partial charge in [-0.15, -0.1) is 0 Å². The summed E-state index contributed by atoms with van der Waals surface area (Å²) >= 11 is 6.16. The Morgan fingerprint density at radius 1 is 1.00 bits per heavy atom. The summed E-state index contributed by atoms with van der Waals surface area (Å²) in [5.41, 5.74) is 0.765. The van der Waals surface area contributed by atoms with Crippen molar-refractivity contribution < 1.29 is 27.5 Å². The standard InChI is InChI=1S/C25H25ClN2O6S/c1-4-33-25(30)22-15-10-18(16-23(22)26)27-24(29)17(2)28(35(3,31)32)19-11-13-21(14-12-19)34-20-8-6-5-7-9-20/h5-17H,4H2,1-3H3,(H,27,29)/t17-/m0/s1. The van der Waals surface area contributed by atoms with Gasteiger partial charge in [0.25, 0.3) is 0 Å². The third-order valence-corrected chi connectivity index (χ3v) is 6.44. The van der Waals surface area contributed by atoms with Crippen molar-refractivity contribution in [3.63, 3.8) is 0 Å². The molecule has 0 aliphatic heterocycles. The fourth-order valence-electron chi connectivity index (χ4n) is 3.31. The van der Waals surface area contributed by atoms with E-state index in [2.05, 4.69) is 5.32 Å². The van der Waals surface area contributed by atoms with Crippen molar-refractivity contribution in [1.29, 1.82) is 0 Å². The maximum atomic E-state index is 12.9. The van der Waals surface area contributed by atoms with E-state index < -0.39 is 27.9 Å². The first-order chi connectivity index (χ1) is 16.6. The van der Waals surface area contributed by atoms with Crippen LogP contribution in [-0.2, 0) is 19.6 Å². The van der Waals surface area contributed by atoms with Crippen LogP contribution in [0.4, 0.5) is 11.4 Å². The van der Waals surface area contributed by atoms with Crippen molar-refractivity contribution in [2.24, 2.45) is 0 Å². The normalized spacial score (nSPS) is 11.9. The summed E-state index contributed by atoms with van der Waals surface area (Å²) in [4.78, 5) is 24.9. The summed E-state index contributed by atoms with van der Waals surface area (Å²) in [6.45, 7) is 3.35. The molecule has 0 fully saturated rings. The Hall–Kier alpha value is -3.56. The highest BCUT2D eigenvalue weighted by atomic mass is 35.5. The minimum Gasteiger partial charge on any atom is -0.462 e. The van der Waals surface area contributed by atoms with Gasteiger partial charge >= 0.3 is 5.97 Å². The molecular weight excluding hydrogens is 492 g/mol. The molecule has 1 N–H and O–H groups in total. The van der Waals surface area contributed by atoms with Crippen LogP contribution < -0.4 is 14.4 Å². The van der Waals surface area contributed by atoms with Gasteiger partial charge in [-0.1, -0.05) is 29.8 Å². The second kappa shape index (κ2) is 11.2. The molecule has 0 heterocycles. The highest BCUT2D eigenvalue weighted by Gasteiger charge is 2.29. The van der Waals surface area contributed by atoms with Gasteiger partial charge in [-0.2, -0.15) is 0 Å². The van der Waals surface area contributed by atoms with E-state index in [4.69, 9.17) is 21.1 Å². The number of rotatable bonds is 9. The fraction of sp³-hybridized carbons (Fsp3) is 0.200. The smallest absolute Gasteiger partial charge is 0.339 e. The van der Waals surface area contributed by atoms with E-state index in [1.54, 1.807) is 43.3 Å². The lowest BCUT2D eigenvalue weighted by molar-refractivity contribution is -0.116. The van der Waals surface area contributed by atoms with Gasteiger partial charge in [-0.25, -0.2) is 13.2 Å². The Bertz CT molecular complexity index is 1300. The predicted octanol–water partition coefficient (Wildman–Crippen LogP) is 5.10. The van der Waals surface area contributed by atoms with E-state index in [-0.39, 0.29) is 17.2 Å². The van der Waals surface area contributed by atoms with E-state index in [1.165, 1.54) is 25.1 Å². The maximum Gasteiger partial charge on any atom is 0.339 e. The van der Waals surface area contributed by atoms with E-state index >= 15 is 0 Å². The molecule has 0 radical (unpaired) electrons. The van der Waals surface area contributed by atoms with Crippen LogP contribution >= 0.6 is 11.6 Å². The van der Waals surface area contributed by atoms with Gasteiger partial charge in [0.05, 0.1) is 29.1 Å². The van der Waals surface area contributed by atoms with Crippen molar-refractivity contribution in [1.82, 2.24) is 0 Å². The molecule has 0 saturated carbocycles. The Morgan fingerprint density at radius 2 is 1.63 bits per heavy atom. The number of hydrogen-bond acceptors (Lipinski definition) is 6. The predicted molar refractivity (Wildman–Crippen MR) is 136 cm³/mol. The summed E-state index contributed by atoms with van der Waals surface area (Å²) < 4.78 is 36.9. The van der Waals surface area contributed by atoms with Gasteiger partial charge in [-0.05, 0) is 68.4 Å². The van der Waals surface area contributed by atoms with E-state index in [9.17, 15) is 18.0 Å². The molecule has 0 bridgehead atoms. The second-order valence-corrected chi connectivity index (χ2v) is 9.81. The average molecular weight is 517 g/mol. The number of anilines is 2. The number of carbonyl (C=O) groups is 2. The molecule has 3 rings (SSSR count). The third-order valence-electron chi connectivity index (χ3n) is 4.89. The molecular formula is C25H25ClN2O6S. The fourth-order valence-corrected chi connectivity index (χ4v) is 4.74. The second-order valence-electron chi connectivity index (χ2n) is 7.55. The summed E-state index contributed by atoms with van der Waals surface area (Å²) in [6.07, 6.45) is 1.02. The minimum absolute atomic E-state index is 0.0999. The number of benzene rings is 3. The van der Waals surface area contributed by atoms with E-state index in [0.29, 0.717) is 22.9 Å². The molecule has 35 heavy (non-hydrogen) atoms. The Balaban J connectivity index is 1.77. The molecule has 184 valence electrons. The Morgan fingerprint density at radius 3 is 2.20 bits per heavy atom. The number of hydrogen-bond donors (Lipinski definition) is 1. The topological polar surface area (TPSA) is 102 Å². The van der Waals surface area contributed by atoms with Gasteiger partial charge in [0.1, 0.15) is 17.5 Å².